The van der Waals surface area contributed by atoms with Gasteiger partial charge in [0.1, 0.15) is 0 Å². The molecule has 5 nitrogen and oxygen atoms in total. The van der Waals surface area contributed by atoms with E-state index in [4.69, 9.17) is 0 Å². The van der Waals surface area contributed by atoms with Crippen molar-refractivity contribution in [3.8, 4) is 0 Å². The molecule has 1 atom stereocenters. The van der Waals surface area contributed by atoms with Gasteiger partial charge in [0.15, 0.2) is 0 Å². The van der Waals surface area contributed by atoms with Crippen LogP contribution in [0.15, 0.2) is 29.2 Å². The molecule has 0 spiro atoms. The van der Waals surface area contributed by atoms with E-state index in [-0.39, 0.29) is 6.04 Å². The van der Waals surface area contributed by atoms with Gasteiger partial charge in [-0.05, 0) is 56.9 Å². The maximum absolute atomic E-state index is 12.1. The van der Waals surface area contributed by atoms with Crippen LogP contribution in [0.4, 0.5) is 5.69 Å². The van der Waals surface area contributed by atoms with E-state index in [0.29, 0.717) is 11.4 Å². The van der Waals surface area contributed by atoms with Gasteiger partial charge in [-0.2, -0.15) is 0 Å². The summed E-state index contributed by atoms with van der Waals surface area (Å²) in [6.45, 7) is 3.32. The lowest BCUT2D eigenvalue weighted by molar-refractivity contribution is 0.0449. The number of sulfonamides is 1. The summed E-state index contributed by atoms with van der Waals surface area (Å²) in [6, 6.07) is 7.05. The van der Waals surface area contributed by atoms with Crippen LogP contribution in [0.5, 0.6) is 0 Å². The highest BCUT2D eigenvalue weighted by molar-refractivity contribution is 7.89. The topological polar surface area (TPSA) is 69.6 Å². The minimum absolute atomic E-state index is 0.117. The zero-order chi connectivity index (χ0) is 15.1. The second-order valence-corrected chi connectivity index (χ2v) is 8.13. The van der Waals surface area contributed by atoms with Crippen LogP contribution in [0.25, 0.3) is 0 Å². The second-order valence-electron chi connectivity index (χ2n) is 6.41. The van der Waals surface area contributed by atoms with E-state index >= 15 is 0 Å². The molecule has 116 valence electrons. The summed E-state index contributed by atoms with van der Waals surface area (Å²) in [5.41, 5.74) is 0.289. The van der Waals surface area contributed by atoms with Crippen LogP contribution < -0.4 is 9.62 Å². The number of rotatable bonds is 4. The van der Waals surface area contributed by atoms with Gasteiger partial charge < -0.3 is 10.0 Å². The van der Waals surface area contributed by atoms with Crippen molar-refractivity contribution in [1.82, 2.24) is 4.72 Å². The largest absolute Gasteiger partial charge is 0.388 e. The van der Waals surface area contributed by atoms with E-state index in [1.54, 1.807) is 12.1 Å². The lowest BCUT2D eigenvalue weighted by Crippen LogP contribution is -2.46. The number of anilines is 1. The normalized spacial score (nSPS) is 26.9. The first-order chi connectivity index (χ1) is 9.86. The Balaban J connectivity index is 1.74. The fourth-order valence-electron chi connectivity index (χ4n) is 2.77. The average Bonchev–Trinajstić information content (AvgIpc) is 3.21. The predicted octanol–water partition coefficient (Wildman–Crippen LogP) is 1.48. The lowest BCUT2D eigenvalue weighted by atomic mass is 9.95. The predicted molar refractivity (Wildman–Crippen MR) is 81.9 cm³/mol. The summed E-state index contributed by atoms with van der Waals surface area (Å²) in [4.78, 5) is 2.41. The molecule has 3 rings (SSSR count). The highest BCUT2D eigenvalue weighted by Crippen LogP contribution is 2.27. The summed E-state index contributed by atoms with van der Waals surface area (Å²) in [5, 5.41) is 10.1. The van der Waals surface area contributed by atoms with Gasteiger partial charge in [0.05, 0.1) is 10.5 Å². The fraction of sp³-hybridized carbons (Fsp3) is 0.600. The molecule has 1 saturated heterocycles. The molecule has 0 aromatic heterocycles. The molecular formula is C15H22N2O3S. The van der Waals surface area contributed by atoms with Gasteiger partial charge in [0.25, 0.3) is 0 Å². The van der Waals surface area contributed by atoms with Crippen molar-refractivity contribution < 1.29 is 13.5 Å². The highest BCUT2D eigenvalue weighted by Gasteiger charge is 2.30. The zero-order valence-corrected chi connectivity index (χ0v) is 13.1. The highest BCUT2D eigenvalue weighted by atomic mass is 32.2. The SMILES string of the molecule is CC1(O)CCCN(c2ccc(S(=O)(=O)NC3CC3)cc2)C1. The Morgan fingerprint density at radius 2 is 1.95 bits per heavy atom. The van der Waals surface area contributed by atoms with E-state index in [2.05, 4.69) is 9.62 Å². The number of β-amino-alcohol motifs (C(OH)–C–C–N with tert-alkyl or cyclic N) is 1. The molecule has 1 aliphatic heterocycles. The molecule has 1 saturated carbocycles. The van der Waals surface area contributed by atoms with Crippen molar-refractivity contribution in [3.05, 3.63) is 24.3 Å². The Hall–Kier alpha value is -1.11. The van der Waals surface area contributed by atoms with E-state index in [9.17, 15) is 13.5 Å². The van der Waals surface area contributed by atoms with Crippen LogP contribution in [0.3, 0.4) is 0 Å². The van der Waals surface area contributed by atoms with Gasteiger partial charge in [-0.1, -0.05) is 0 Å². The molecule has 0 amide bonds. The third-order valence-electron chi connectivity index (χ3n) is 4.09. The summed E-state index contributed by atoms with van der Waals surface area (Å²) in [6.07, 6.45) is 3.61. The number of benzene rings is 1. The molecule has 0 radical (unpaired) electrons. The quantitative estimate of drug-likeness (QED) is 0.884. The first-order valence-electron chi connectivity index (χ1n) is 7.45. The third kappa shape index (κ3) is 3.56. The van der Waals surface area contributed by atoms with Crippen LogP contribution in [-0.4, -0.2) is 38.3 Å². The number of hydrogen-bond acceptors (Lipinski definition) is 4. The summed E-state index contributed by atoms with van der Waals surface area (Å²) >= 11 is 0. The minimum atomic E-state index is -3.39. The van der Waals surface area contributed by atoms with Gasteiger partial charge in [-0.25, -0.2) is 13.1 Å². The van der Waals surface area contributed by atoms with Crippen LogP contribution in [0, 0.1) is 0 Å². The Morgan fingerprint density at radius 3 is 2.52 bits per heavy atom. The summed E-state index contributed by atoms with van der Waals surface area (Å²) in [5.74, 6) is 0. The van der Waals surface area contributed by atoms with Crippen molar-refractivity contribution in [1.29, 1.82) is 0 Å². The van der Waals surface area contributed by atoms with Crippen LogP contribution in [0.2, 0.25) is 0 Å². The van der Waals surface area contributed by atoms with Crippen molar-refractivity contribution in [2.24, 2.45) is 0 Å². The Bertz CT molecular complexity index is 606. The third-order valence-corrected chi connectivity index (χ3v) is 5.62. The Labute approximate surface area is 126 Å². The smallest absolute Gasteiger partial charge is 0.240 e. The van der Waals surface area contributed by atoms with Gasteiger partial charge in [0, 0.05) is 24.8 Å². The molecule has 1 aromatic carbocycles. The number of aliphatic hydroxyl groups is 1. The Kier molecular flexibility index (Phi) is 3.71. The van der Waals surface area contributed by atoms with Gasteiger partial charge in [-0.15, -0.1) is 0 Å². The molecule has 1 unspecified atom stereocenters. The Morgan fingerprint density at radius 1 is 1.29 bits per heavy atom. The summed E-state index contributed by atoms with van der Waals surface area (Å²) < 4.78 is 26.9. The number of nitrogens with zero attached hydrogens (tertiary/aromatic N) is 1. The molecule has 1 aliphatic carbocycles. The van der Waals surface area contributed by atoms with E-state index in [1.807, 2.05) is 19.1 Å². The van der Waals surface area contributed by atoms with Crippen molar-refractivity contribution in [2.45, 2.75) is 49.1 Å². The second kappa shape index (κ2) is 5.26. The van der Waals surface area contributed by atoms with Gasteiger partial charge in [0.2, 0.25) is 10.0 Å². The molecule has 2 aliphatic rings. The molecule has 2 N–H and O–H groups in total. The van der Waals surface area contributed by atoms with Gasteiger partial charge >= 0.3 is 0 Å². The van der Waals surface area contributed by atoms with Crippen molar-refractivity contribution >= 4 is 15.7 Å². The zero-order valence-electron chi connectivity index (χ0n) is 12.2. The van der Waals surface area contributed by atoms with Crippen molar-refractivity contribution in [2.75, 3.05) is 18.0 Å². The van der Waals surface area contributed by atoms with E-state index < -0.39 is 15.6 Å². The standard InChI is InChI=1S/C15H22N2O3S/c1-15(18)9-2-10-17(11-15)13-5-7-14(8-6-13)21(19,20)16-12-3-4-12/h5-8,12,16,18H,2-4,9-11H2,1H3. The molecule has 0 bridgehead atoms. The first kappa shape index (κ1) is 14.8. The number of nitrogens with one attached hydrogen (secondary N) is 1. The molecule has 1 aromatic rings. The summed E-state index contributed by atoms with van der Waals surface area (Å²) in [7, 11) is -3.39. The first-order valence-corrected chi connectivity index (χ1v) is 8.94. The maximum atomic E-state index is 12.1. The van der Waals surface area contributed by atoms with Crippen molar-refractivity contribution in [3.63, 3.8) is 0 Å². The number of hydrogen-bond donors (Lipinski definition) is 2. The molecular weight excluding hydrogens is 288 g/mol. The van der Waals surface area contributed by atoms with E-state index in [0.717, 1.165) is 37.9 Å². The van der Waals surface area contributed by atoms with Crippen LogP contribution in [0.1, 0.15) is 32.6 Å². The fourth-order valence-corrected chi connectivity index (χ4v) is 4.07. The van der Waals surface area contributed by atoms with Crippen LogP contribution >= 0.6 is 0 Å². The van der Waals surface area contributed by atoms with E-state index in [1.165, 1.54) is 0 Å². The molecule has 1 heterocycles. The minimum Gasteiger partial charge on any atom is -0.388 e. The maximum Gasteiger partial charge on any atom is 0.240 e. The average molecular weight is 310 g/mol. The molecule has 6 heteroatoms. The van der Waals surface area contributed by atoms with Crippen LogP contribution in [-0.2, 0) is 10.0 Å². The lowest BCUT2D eigenvalue weighted by Gasteiger charge is -2.38. The van der Waals surface area contributed by atoms with Gasteiger partial charge in [-0.3, -0.25) is 0 Å². The monoisotopic (exact) mass is 310 g/mol. The molecule has 2 fully saturated rings. The number of piperidine rings is 1. The molecule has 21 heavy (non-hydrogen) atoms.